The molecule has 0 amide bonds. The van der Waals surface area contributed by atoms with Crippen LogP contribution in [0.5, 0.6) is 0 Å². The van der Waals surface area contributed by atoms with Crippen LogP contribution < -0.4 is 5.73 Å². The van der Waals surface area contributed by atoms with Gasteiger partial charge < -0.3 is 5.73 Å². The predicted molar refractivity (Wildman–Crippen MR) is 80.5 cm³/mol. The van der Waals surface area contributed by atoms with Crippen LogP contribution in [0.1, 0.15) is 24.2 Å². The molecular formula is C12H23ClN4O2S. The predicted octanol–water partition coefficient (Wildman–Crippen LogP) is 0.818. The summed E-state index contributed by atoms with van der Waals surface area (Å²) in [5, 5.41) is 4.19. The zero-order valence-corrected chi connectivity index (χ0v) is 13.8. The molecule has 0 saturated carbocycles. The Kier molecular flexibility index (Phi) is 5.60. The summed E-state index contributed by atoms with van der Waals surface area (Å²) in [6.45, 7) is 5.28. The molecule has 0 aliphatic carbocycles. The first-order valence-electron chi connectivity index (χ1n) is 6.58. The van der Waals surface area contributed by atoms with Gasteiger partial charge >= 0.3 is 0 Å². The molecule has 2 rings (SSSR count). The van der Waals surface area contributed by atoms with Gasteiger partial charge in [0.2, 0.25) is 10.0 Å². The lowest BCUT2D eigenvalue weighted by molar-refractivity contribution is 0.278. The molecule has 2 heterocycles. The third-order valence-electron chi connectivity index (χ3n) is 3.95. The Bertz CT molecular complexity index is 562. The molecule has 0 bridgehead atoms. The van der Waals surface area contributed by atoms with Gasteiger partial charge in [-0.2, -0.15) is 9.40 Å². The van der Waals surface area contributed by atoms with E-state index in [9.17, 15) is 8.42 Å². The van der Waals surface area contributed by atoms with E-state index in [0.29, 0.717) is 41.8 Å². The van der Waals surface area contributed by atoms with Gasteiger partial charge in [0.15, 0.2) is 0 Å². The van der Waals surface area contributed by atoms with Crippen molar-refractivity contribution < 1.29 is 8.42 Å². The van der Waals surface area contributed by atoms with Crippen molar-refractivity contribution in [2.75, 3.05) is 19.6 Å². The third-order valence-corrected chi connectivity index (χ3v) is 6.10. The molecule has 0 atom stereocenters. The van der Waals surface area contributed by atoms with Crippen molar-refractivity contribution >= 4 is 22.4 Å². The van der Waals surface area contributed by atoms with Crippen molar-refractivity contribution in [3.8, 4) is 0 Å². The molecule has 0 aromatic carbocycles. The van der Waals surface area contributed by atoms with Crippen molar-refractivity contribution in [1.82, 2.24) is 14.1 Å². The van der Waals surface area contributed by atoms with Gasteiger partial charge in [-0.25, -0.2) is 8.42 Å². The minimum absolute atomic E-state index is 0. The maximum atomic E-state index is 12.7. The molecule has 1 aromatic heterocycles. The van der Waals surface area contributed by atoms with Gasteiger partial charge in [0.05, 0.1) is 11.4 Å². The van der Waals surface area contributed by atoms with E-state index < -0.39 is 10.0 Å². The van der Waals surface area contributed by atoms with Crippen LogP contribution in [0.15, 0.2) is 4.90 Å². The highest BCUT2D eigenvalue weighted by atomic mass is 35.5. The van der Waals surface area contributed by atoms with Crippen molar-refractivity contribution in [3.05, 3.63) is 11.4 Å². The first-order chi connectivity index (χ1) is 8.87. The van der Waals surface area contributed by atoms with Gasteiger partial charge in [-0.15, -0.1) is 12.4 Å². The zero-order valence-electron chi connectivity index (χ0n) is 12.2. The van der Waals surface area contributed by atoms with Crippen LogP contribution in [0.25, 0.3) is 0 Å². The molecule has 0 radical (unpaired) electrons. The summed E-state index contributed by atoms with van der Waals surface area (Å²) >= 11 is 0. The highest BCUT2D eigenvalue weighted by Gasteiger charge is 2.32. The van der Waals surface area contributed by atoms with Gasteiger partial charge in [-0.3, -0.25) is 4.68 Å². The van der Waals surface area contributed by atoms with Gasteiger partial charge in [-0.05, 0) is 39.2 Å². The highest BCUT2D eigenvalue weighted by molar-refractivity contribution is 7.89. The maximum absolute atomic E-state index is 12.7. The van der Waals surface area contributed by atoms with E-state index in [1.165, 1.54) is 0 Å². The van der Waals surface area contributed by atoms with Crippen LogP contribution in [0.2, 0.25) is 0 Å². The number of hydrogen-bond acceptors (Lipinski definition) is 4. The van der Waals surface area contributed by atoms with Gasteiger partial charge in [0.25, 0.3) is 0 Å². The van der Waals surface area contributed by atoms with Crippen molar-refractivity contribution in [1.29, 1.82) is 0 Å². The summed E-state index contributed by atoms with van der Waals surface area (Å²) in [6, 6.07) is 0. The van der Waals surface area contributed by atoms with E-state index in [4.69, 9.17) is 5.73 Å². The van der Waals surface area contributed by atoms with Crippen molar-refractivity contribution in [2.24, 2.45) is 18.7 Å². The fraction of sp³-hybridized carbons (Fsp3) is 0.750. The quantitative estimate of drug-likeness (QED) is 0.893. The summed E-state index contributed by atoms with van der Waals surface area (Å²) in [5.74, 6) is 0.447. The van der Waals surface area contributed by atoms with Crippen LogP contribution in [0.4, 0.5) is 0 Å². The third kappa shape index (κ3) is 3.00. The molecule has 8 heteroatoms. The molecule has 6 nitrogen and oxygen atoms in total. The van der Waals surface area contributed by atoms with Crippen LogP contribution in [0, 0.1) is 19.8 Å². The molecular weight excluding hydrogens is 300 g/mol. The number of nitrogens with two attached hydrogens (primary N) is 1. The average molecular weight is 323 g/mol. The van der Waals surface area contributed by atoms with Crippen LogP contribution >= 0.6 is 12.4 Å². The number of rotatable bonds is 3. The number of aryl methyl sites for hydroxylation is 2. The molecule has 1 aliphatic heterocycles. The molecule has 2 N–H and O–H groups in total. The summed E-state index contributed by atoms with van der Waals surface area (Å²) < 4.78 is 28.5. The minimum Gasteiger partial charge on any atom is -0.330 e. The smallest absolute Gasteiger partial charge is 0.246 e. The van der Waals surface area contributed by atoms with E-state index >= 15 is 0 Å². The maximum Gasteiger partial charge on any atom is 0.246 e. The van der Waals surface area contributed by atoms with E-state index in [1.54, 1.807) is 29.9 Å². The zero-order chi connectivity index (χ0) is 14.2. The molecule has 116 valence electrons. The number of halogens is 1. The number of aromatic nitrogens is 2. The fourth-order valence-corrected chi connectivity index (χ4v) is 4.51. The van der Waals surface area contributed by atoms with E-state index in [-0.39, 0.29) is 12.4 Å². The molecule has 0 spiro atoms. The van der Waals surface area contributed by atoms with Gasteiger partial charge in [0, 0.05) is 20.1 Å². The number of nitrogens with zero attached hydrogens (tertiary/aromatic N) is 3. The highest BCUT2D eigenvalue weighted by Crippen LogP contribution is 2.26. The Morgan fingerprint density at radius 2 is 1.85 bits per heavy atom. The molecule has 1 aliphatic rings. The van der Waals surface area contributed by atoms with E-state index in [0.717, 1.165) is 12.8 Å². The Morgan fingerprint density at radius 1 is 1.30 bits per heavy atom. The Balaban J connectivity index is 0.00000200. The van der Waals surface area contributed by atoms with Crippen LogP contribution in [0.3, 0.4) is 0 Å². The molecule has 1 fully saturated rings. The molecule has 20 heavy (non-hydrogen) atoms. The second kappa shape index (κ2) is 6.43. The van der Waals surface area contributed by atoms with Crippen molar-refractivity contribution in [2.45, 2.75) is 31.6 Å². The first-order valence-corrected chi connectivity index (χ1v) is 8.02. The van der Waals surface area contributed by atoms with Crippen LogP contribution in [-0.2, 0) is 17.1 Å². The average Bonchev–Trinajstić information content (AvgIpc) is 2.63. The van der Waals surface area contributed by atoms with E-state index in [1.807, 2.05) is 0 Å². The lowest BCUT2D eigenvalue weighted by atomic mass is 9.99. The largest absolute Gasteiger partial charge is 0.330 e. The Morgan fingerprint density at radius 3 is 2.25 bits per heavy atom. The van der Waals surface area contributed by atoms with Gasteiger partial charge in [0.1, 0.15) is 4.90 Å². The Hall–Kier alpha value is -0.630. The summed E-state index contributed by atoms with van der Waals surface area (Å²) in [6.07, 6.45) is 1.68. The standard InChI is InChI=1S/C12H22N4O2S.ClH/c1-9-12(10(2)15(3)14-9)19(17,18)16-6-4-11(8-13)5-7-16;/h11H,4-8,13H2,1-3H3;1H. The summed E-state index contributed by atoms with van der Waals surface area (Å²) in [7, 11) is -1.66. The summed E-state index contributed by atoms with van der Waals surface area (Å²) in [5.41, 5.74) is 6.90. The lowest BCUT2D eigenvalue weighted by Gasteiger charge is -2.30. The minimum atomic E-state index is -3.43. The van der Waals surface area contributed by atoms with E-state index in [2.05, 4.69) is 5.10 Å². The molecule has 1 saturated heterocycles. The second-order valence-corrected chi connectivity index (χ2v) is 7.08. The number of hydrogen-bond donors (Lipinski definition) is 1. The molecule has 1 aromatic rings. The van der Waals surface area contributed by atoms with Crippen molar-refractivity contribution in [3.63, 3.8) is 0 Å². The second-order valence-electron chi connectivity index (χ2n) is 5.21. The monoisotopic (exact) mass is 322 g/mol. The van der Waals surface area contributed by atoms with Gasteiger partial charge in [-0.1, -0.05) is 0 Å². The fourth-order valence-electron chi connectivity index (χ4n) is 2.64. The molecule has 0 unspecified atom stereocenters. The summed E-state index contributed by atoms with van der Waals surface area (Å²) in [4.78, 5) is 0.362. The topological polar surface area (TPSA) is 81.2 Å². The van der Waals surface area contributed by atoms with Crippen LogP contribution in [-0.4, -0.2) is 42.1 Å². The Labute approximate surface area is 126 Å². The lowest BCUT2D eigenvalue weighted by Crippen LogP contribution is -2.40. The number of sulfonamides is 1. The SMILES string of the molecule is Cc1nn(C)c(C)c1S(=O)(=O)N1CCC(CN)CC1.Cl. The normalized spacial score (nSPS) is 18.0. The first kappa shape index (κ1) is 17.4. The number of piperidine rings is 1.